The van der Waals surface area contributed by atoms with E-state index in [2.05, 4.69) is 34.1 Å². The second kappa shape index (κ2) is 10.7. The molecule has 0 spiro atoms. The van der Waals surface area contributed by atoms with E-state index in [0.29, 0.717) is 11.1 Å². The van der Waals surface area contributed by atoms with Crippen LogP contribution in [0.25, 0.3) is 17.3 Å². The van der Waals surface area contributed by atoms with Gasteiger partial charge in [-0.25, -0.2) is 4.98 Å². The second-order valence-electron chi connectivity index (χ2n) is 9.49. The first-order valence-electron chi connectivity index (χ1n) is 12.9. The van der Waals surface area contributed by atoms with Gasteiger partial charge in [0.1, 0.15) is 5.01 Å². The summed E-state index contributed by atoms with van der Waals surface area (Å²) in [5, 5.41) is 2.72. The Morgan fingerprint density at radius 2 is 1.55 bits per heavy atom. The molecule has 2 aliphatic heterocycles. The lowest BCUT2D eigenvalue weighted by molar-refractivity contribution is 0.0642. The van der Waals surface area contributed by atoms with E-state index < -0.39 is 0 Å². The molecule has 0 N–H and O–H groups in total. The van der Waals surface area contributed by atoms with Crippen molar-refractivity contribution >= 4 is 34.9 Å². The normalized spacial score (nSPS) is 16.0. The summed E-state index contributed by atoms with van der Waals surface area (Å²) in [5.41, 5.74) is 4.95. The number of benzene rings is 3. The van der Waals surface area contributed by atoms with E-state index in [1.165, 1.54) is 21.8 Å². The van der Waals surface area contributed by atoms with Gasteiger partial charge in [0.2, 0.25) is 0 Å². The summed E-state index contributed by atoms with van der Waals surface area (Å²) in [5.74, 6) is -0.474. The molecule has 0 radical (unpaired) electrons. The summed E-state index contributed by atoms with van der Waals surface area (Å²) in [6, 6.07) is 25.9. The Labute approximate surface area is 226 Å². The first-order chi connectivity index (χ1) is 18.7. The van der Waals surface area contributed by atoms with Gasteiger partial charge in [0, 0.05) is 43.7 Å². The van der Waals surface area contributed by atoms with Crippen molar-refractivity contribution < 1.29 is 9.59 Å². The molecule has 0 unspecified atom stereocenters. The van der Waals surface area contributed by atoms with Crippen LogP contribution in [0.4, 0.5) is 5.69 Å². The van der Waals surface area contributed by atoms with Crippen LogP contribution in [0.1, 0.15) is 31.3 Å². The van der Waals surface area contributed by atoms with Crippen molar-refractivity contribution in [1.29, 1.82) is 0 Å². The minimum atomic E-state index is -0.243. The zero-order valence-corrected chi connectivity index (χ0v) is 21.8. The van der Waals surface area contributed by atoms with Gasteiger partial charge in [0.15, 0.2) is 0 Å². The number of carbonyl (C=O) groups is 2. The Kier molecular flexibility index (Phi) is 6.86. The SMILES string of the molecule is O=C1c2cccc(N3CCN(CC=Cc4ccccc4)CC3)c2C(=O)N1Cc1nc(-c2ccccc2)cs1. The molecular weight excluding hydrogens is 492 g/mol. The summed E-state index contributed by atoms with van der Waals surface area (Å²) < 4.78 is 0. The molecule has 190 valence electrons. The molecular formula is C31H28N4O2S. The molecule has 3 heterocycles. The number of fused-ring (bicyclic) bond motifs is 1. The molecule has 3 aromatic carbocycles. The number of rotatable bonds is 7. The molecule has 4 aromatic rings. The maximum absolute atomic E-state index is 13.5. The minimum absolute atomic E-state index is 0.185. The molecule has 0 aliphatic carbocycles. The highest BCUT2D eigenvalue weighted by molar-refractivity contribution is 7.10. The maximum Gasteiger partial charge on any atom is 0.264 e. The molecule has 6 rings (SSSR count). The predicted molar refractivity (Wildman–Crippen MR) is 152 cm³/mol. The fraction of sp³-hybridized carbons (Fsp3) is 0.194. The third-order valence-electron chi connectivity index (χ3n) is 7.08. The topological polar surface area (TPSA) is 56.8 Å². The number of nitrogens with zero attached hydrogens (tertiary/aromatic N) is 4. The maximum atomic E-state index is 13.5. The van der Waals surface area contributed by atoms with Gasteiger partial charge in [-0.3, -0.25) is 19.4 Å². The standard InChI is InChI=1S/C31H28N4O2S/c36-30-25-14-7-15-27(34-19-17-33(18-20-34)16-8-11-23-9-3-1-4-10-23)29(25)31(37)35(30)21-28-32-26(22-38-28)24-12-5-2-6-13-24/h1-15,22H,16-21H2. The Morgan fingerprint density at radius 1 is 0.816 bits per heavy atom. The second-order valence-corrected chi connectivity index (χ2v) is 10.4. The van der Waals surface area contributed by atoms with Gasteiger partial charge in [-0.1, -0.05) is 78.9 Å². The Balaban J connectivity index is 1.12. The van der Waals surface area contributed by atoms with Crippen molar-refractivity contribution in [2.75, 3.05) is 37.6 Å². The number of aromatic nitrogens is 1. The number of anilines is 1. The van der Waals surface area contributed by atoms with Crippen molar-refractivity contribution in [1.82, 2.24) is 14.8 Å². The lowest BCUT2D eigenvalue weighted by Crippen LogP contribution is -2.46. The molecule has 0 saturated carbocycles. The zero-order chi connectivity index (χ0) is 25.9. The average molecular weight is 521 g/mol. The van der Waals surface area contributed by atoms with Gasteiger partial charge in [0.05, 0.1) is 29.1 Å². The van der Waals surface area contributed by atoms with Gasteiger partial charge in [-0.15, -0.1) is 11.3 Å². The van der Waals surface area contributed by atoms with Gasteiger partial charge >= 0.3 is 0 Å². The molecule has 0 bridgehead atoms. The van der Waals surface area contributed by atoms with Crippen LogP contribution in [-0.4, -0.2) is 59.3 Å². The highest BCUT2D eigenvalue weighted by Gasteiger charge is 2.39. The third-order valence-corrected chi connectivity index (χ3v) is 7.91. The Hall–Kier alpha value is -4.07. The molecule has 1 saturated heterocycles. The van der Waals surface area contributed by atoms with Crippen LogP contribution < -0.4 is 4.90 Å². The van der Waals surface area contributed by atoms with E-state index in [-0.39, 0.29) is 18.4 Å². The highest BCUT2D eigenvalue weighted by atomic mass is 32.1. The summed E-state index contributed by atoms with van der Waals surface area (Å²) >= 11 is 1.47. The summed E-state index contributed by atoms with van der Waals surface area (Å²) in [4.78, 5) is 37.5. The van der Waals surface area contributed by atoms with Gasteiger partial charge in [-0.2, -0.15) is 0 Å². The molecule has 2 aliphatic rings. The van der Waals surface area contributed by atoms with Crippen LogP contribution in [0.5, 0.6) is 0 Å². The minimum Gasteiger partial charge on any atom is -0.368 e. The number of thiazole rings is 1. The fourth-order valence-corrected chi connectivity index (χ4v) is 5.85. The number of hydrogen-bond acceptors (Lipinski definition) is 6. The number of piperazine rings is 1. The summed E-state index contributed by atoms with van der Waals surface area (Å²) in [6.45, 7) is 4.49. The van der Waals surface area contributed by atoms with Gasteiger partial charge in [0.25, 0.3) is 11.8 Å². The van der Waals surface area contributed by atoms with Crippen LogP contribution >= 0.6 is 11.3 Å². The Morgan fingerprint density at radius 3 is 2.32 bits per heavy atom. The zero-order valence-electron chi connectivity index (χ0n) is 21.0. The quantitative estimate of drug-likeness (QED) is 0.304. The van der Waals surface area contributed by atoms with E-state index in [0.717, 1.165) is 54.7 Å². The van der Waals surface area contributed by atoms with Crippen LogP contribution in [0, 0.1) is 0 Å². The van der Waals surface area contributed by atoms with Crippen molar-refractivity contribution in [3.8, 4) is 11.3 Å². The molecule has 0 atom stereocenters. The first-order valence-corrected chi connectivity index (χ1v) is 13.7. The van der Waals surface area contributed by atoms with Crippen molar-refractivity contribution in [2.24, 2.45) is 0 Å². The molecule has 7 heteroatoms. The first kappa shape index (κ1) is 24.3. The van der Waals surface area contributed by atoms with Crippen molar-refractivity contribution in [3.05, 3.63) is 112 Å². The smallest absolute Gasteiger partial charge is 0.264 e. The molecule has 38 heavy (non-hydrogen) atoms. The Bertz CT molecular complexity index is 1470. The van der Waals surface area contributed by atoms with E-state index in [9.17, 15) is 9.59 Å². The molecule has 2 amide bonds. The van der Waals surface area contributed by atoms with E-state index >= 15 is 0 Å². The van der Waals surface area contributed by atoms with E-state index in [4.69, 9.17) is 4.98 Å². The van der Waals surface area contributed by atoms with Crippen LogP contribution in [0.3, 0.4) is 0 Å². The largest absolute Gasteiger partial charge is 0.368 e. The van der Waals surface area contributed by atoms with Crippen molar-refractivity contribution in [3.63, 3.8) is 0 Å². The van der Waals surface area contributed by atoms with E-state index in [1.807, 2.05) is 66.0 Å². The number of amides is 2. The average Bonchev–Trinajstić information content (AvgIpc) is 3.54. The lowest BCUT2D eigenvalue weighted by Gasteiger charge is -2.36. The molecule has 1 fully saturated rings. The lowest BCUT2D eigenvalue weighted by atomic mass is 10.1. The highest BCUT2D eigenvalue weighted by Crippen LogP contribution is 2.34. The predicted octanol–water partition coefficient (Wildman–Crippen LogP) is 5.44. The van der Waals surface area contributed by atoms with Crippen LogP contribution in [0.15, 0.2) is 90.3 Å². The van der Waals surface area contributed by atoms with Crippen LogP contribution in [0.2, 0.25) is 0 Å². The van der Waals surface area contributed by atoms with Crippen molar-refractivity contribution in [2.45, 2.75) is 6.54 Å². The number of hydrogen-bond donors (Lipinski definition) is 0. The number of carbonyl (C=O) groups excluding carboxylic acids is 2. The van der Waals surface area contributed by atoms with E-state index in [1.54, 1.807) is 6.07 Å². The summed E-state index contributed by atoms with van der Waals surface area (Å²) in [6.07, 6.45) is 4.35. The molecule has 6 nitrogen and oxygen atoms in total. The molecule has 1 aromatic heterocycles. The number of imide groups is 1. The fourth-order valence-electron chi connectivity index (χ4n) is 5.06. The summed E-state index contributed by atoms with van der Waals surface area (Å²) in [7, 11) is 0. The van der Waals surface area contributed by atoms with Gasteiger partial charge in [-0.05, 0) is 17.7 Å². The van der Waals surface area contributed by atoms with Gasteiger partial charge < -0.3 is 4.90 Å². The monoisotopic (exact) mass is 520 g/mol. The third kappa shape index (κ3) is 4.90. The van der Waals surface area contributed by atoms with Crippen LogP contribution in [-0.2, 0) is 6.54 Å².